The smallest absolute Gasteiger partial charge is 0.220 e. The van der Waals surface area contributed by atoms with Crippen LogP contribution in [-0.2, 0) is 24.4 Å². The van der Waals surface area contributed by atoms with Crippen LogP contribution in [0.1, 0.15) is 90.0 Å². The summed E-state index contributed by atoms with van der Waals surface area (Å²) in [6, 6.07) is 25.9. The number of carbonyl (C=O) groups is 1. The van der Waals surface area contributed by atoms with Gasteiger partial charge in [0.25, 0.3) is 0 Å². The third-order valence-corrected chi connectivity index (χ3v) is 12.3. The van der Waals surface area contributed by atoms with Crippen LogP contribution >= 0.6 is 11.6 Å². The Morgan fingerprint density at radius 1 is 0.929 bits per heavy atom. The quantitative estimate of drug-likeness (QED) is 0.116. The highest BCUT2D eigenvalue weighted by Crippen LogP contribution is 2.48. The van der Waals surface area contributed by atoms with Gasteiger partial charge in [0, 0.05) is 56.8 Å². The summed E-state index contributed by atoms with van der Waals surface area (Å²) in [7, 11) is 0. The van der Waals surface area contributed by atoms with E-state index in [0.717, 1.165) is 54.7 Å². The van der Waals surface area contributed by atoms with E-state index in [4.69, 9.17) is 25.8 Å². The number of nitrogens with one attached hydrogen (secondary N) is 2. The average molecular weight is 770 g/mol. The van der Waals surface area contributed by atoms with Crippen molar-refractivity contribution in [2.75, 3.05) is 32.8 Å². The molecule has 4 aliphatic rings. The molecule has 2 heterocycles. The van der Waals surface area contributed by atoms with Gasteiger partial charge in [0.15, 0.2) is 0 Å². The molecule has 1 saturated carbocycles. The Morgan fingerprint density at radius 3 is 2.45 bits per heavy atom. The highest BCUT2D eigenvalue weighted by molar-refractivity contribution is 6.32. The van der Waals surface area contributed by atoms with Crippen LogP contribution in [-0.4, -0.2) is 49.6 Å². The summed E-state index contributed by atoms with van der Waals surface area (Å²) in [5, 5.41) is 25.9. The fourth-order valence-electron chi connectivity index (χ4n) is 8.95. The second kappa shape index (κ2) is 16.6. The summed E-state index contributed by atoms with van der Waals surface area (Å²) in [6.07, 6.45) is 8.07. The minimum Gasteiger partial charge on any atom is -0.493 e. The first-order valence-electron chi connectivity index (χ1n) is 19.9. The minimum atomic E-state index is -0.198. The van der Waals surface area contributed by atoms with E-state index in [1.54, 1.807) is 18.2 Å². The van der Waals surface area contributed by atoms with Crippen molar-refractivity contribution in [1.82, 2.24) is 15.5 Å². The summed E-state index contributed by atoms with van der Waals surface area (Å²) < 4.78 is 19.5. The van der Waals surface area contributed by atoms with Gasteiger partial charge in [0.2, 0.25) is 5.91 Å². The highest BCUT2D eigenvalue weighted by atomic mass is 35.5. The maximum atomic E-state index is 11.7. The second-order valence-corrected chi connectivity index (χ2v) is 16.4. The van der Waals surface area contributed by atoms with Gasteiger partial charge < -0.3 is 29.7 Å². The van der Waals surface area contributed by atoms with Crippen molar-refractivity contribution in [3.8, 4) is 40.5 Å². The van der Waals surface area contributed by atoms with Gasteiger partial charge in [-0.05, 0) is 115 Å². The van der Waals surface area contributed by atoms with Crippen molar-refractivity contribution < 1.29 is 19.0 Å². The lowest BCUT2D eigenvalue weighted by Crippen LogP contribution is -2.59. The molecule has 2 aliphatic heterocycles. The monoisotopic (exact) mass is 769 g/mol. The SMILES string of the molecule is Cc1c(OCCCN2CC3(CCC3)C2)cccc1-c1cccc2c1CC[C@@H]2Oc1cc(OCc2cc(C#N)cc(C#N)c2)c(CNC[C@H]2CCC(=O)N2)cc1Cl. The number of nitriles is 2. The first-order valence-corrected chi connectivity index (χ1v) is 20.3. The molecular formula is C46H48ClN5O4. The van der Waals surface area contributed by atoms with Crippen LogP contribution in [0.5, 0.6) is 17.2 Å². The van der Waals surface area contributed by atoms with Crippen LogP contribution in [0.15, 0.2) is 66.7 Å². The molecule has 3 fully saturated rings. The van der Waals surface area contributed by atoms with Gasteiger partial charge in [0.1, 0.15) is 30.0 Å². The fraction of sp³-hybridized carbons (Fsp3) is 0.413. The number of hydrogen-bond acceptors (Lipinski definition) is 8. The summed E-state index contributed by atoms with van der Waals surface area (Å²) in [6.45, 7) is 7.73. The van der Waals surface area contributed by atoms with Crippen molar-refractivity contribution >= 4 is 17.5 Å². The molecule has 1 spiro atoms. The summed E-state index contributed by atoms with van der Waals surface area (Å²) in [4.78, 5) is 14.3. The lowest BCUT2D eigenvalue weighted by molar-refractivity contribution is -0.119. The molecule has 9 nitrogen and oxygen atoms in total. The maximum Gasteiger partial charge on any atom is 0.220 e. The van der Waals surface area contributed by atoms with E-state index >= 15 is 0 Å². The molecule has 0 radical (unpaired) electrons. The minimum absolute atomic E-state index is 0.0736. The van der Waals surface area contributed by atoms with Crippen LogP contribution in [0.25, 0.3) is 11.1 Å². The zero-order chi connectivity index (χ0) is 38.6. The number of benzene rings is 4. The number of ether oxygens (including phenoxy) is 3. The van der Waals surface area contributed by atoms with Crippen molar-refractivity contribution in [1.29, 1.82) is 10.5 Å². The predicted molar refractivity (Wildman–Crippen MR) is 216 cm³/mol. The van der Waals surface area contributed by atoms with Crippen molar-refractivity contribution in [3.05, 3.63) is 111 Å². The first kappa shape index (κ1) is 37.8. The lowest BCUT2D eigenvalue weighted by atomic mass is 9.63. The molecule has 2 saturated heterocycles. The highest BCUT2D eigenvalue weighted by Gasteiger charge is 2.46. The van der Waals surface area contributed by atoms with Gasteiger partial charge in [-0.1, -0.05) is 48.4 Å². The summed E-state index contributed by atoms with van der Waals surface area (Å²) in [5.74, 6) is 2.12. The molecule has 2 atom stereocenters. The molecule has 2 aliphatic carbocycles. The number of hydrogen-bond donors (Lipinski definition) is 2. The Hall–Kier alpha value is -5.06. The molecule has 0 aromatic heterocycles. The van der Waals surface area contributed by atoms with Crippen molar-refractivity contribution in [2.24, 2.45) is 5.41 Å². The third-order valence-electron chi connectivity index (χ3n) is 12.0. The van der Waals surface area contributed by atoms with Gasteiger partial charge in [-0.25, -0.2) is 0 Å². The van der Waals surface area contributed by atoms with Crippen LogP contribution < -0.4 is 24.8 Å². The largest absolute Gasteiger partial charge is 0.493 e. The topological polar surface area (TPSA) is 120 Å². The van der Waals surface area contributed by atoms with E-state index in [9.17, 15) is 15.3 Å². The normalized spacial score (nSPS) is 19.3. The number of amides is 1. The lowest BCUT2D eigenvalue weighted by Gasteiger charge is -2.56. The molecular weight excluding hydrogens is 722 g/mol. The van der Waals surface area contributed by atoms with Crippen molar-refractivity contribution in [2.45, 2.75) is 83.6 Å². The van der Waals surface area contributed by atoms with E-state index in [0.29, 0.717) is 64.7 Å². The van der Waals surface area contributed by atoms with E-state index in [-0.39, 0.29) is 24.7 Å². The number of carbonyl (C=O) groups excluding carboxylic acids is 1. The number of halogens is 1. The molecule has 0 unspecified atom stereocenters. The van der Waals surface area contributed by atoms with Crippen LogP contribution in [0.4, 0.5) is 0 Å². The zero-order valence-corrected chi connectivity index (χ0v) is 32.7. The molecule has 2 N–H and O–H groups in total. The van der Waals surface area contributed by atoms with Gasteiger partial charge in [-0.2, -0.15) is 10.5 Å². The second-order valence-electron chi connectivity index (χ2n) is 16.0. The Morgan fingerprint density at radius 2 is 1.71 bits per heavy atom. The molecule has 56 heavy (non-hydrogen) atoms. The number of likely N-dealkylation sites (tertiary alicyclic amines) is 1. The maximum absolute atomic E-state index is 11.7. The number of nitrogens with zero attached hydrogens (tertiary/aromatic N) is 3. The average Bonchev–Trinajstić information content (AvgIpc) is 3.79. The number of rotatable bonds is 15. The Balaban J connectivity index is 0.971. The predicted octanol–water partition coefficient (Wildman–Crippen LogP) is 8.33. The van der Waals surface area contributed by atoms with E-state index in [1.165, 1.54) is 49.0 Å². The molecule has 0 bridgehead atoms. The standard InChI is InChI=1S/C46H48ClN5O4/c1-30-36(6-3-9-41(30)54-17-5-16-52-28-46(29-52)14-4-15-46)37-7-2-8-39-38(37)11-12-42(39)56-44-22-43(55-27-33-19-31(23-48)18-32(20-33)24-49)34(21-40(44)47)25-50-26-35-10-13-45(53)51-35/h2-3,6-9,18-22,35,42,50H,4-5,10-17,25-29H2,1H3,(H,51,53)/t35-,42+/m1/s1. The van der Waals surface area contributed by atoms with Crippen LogP contribution in [0.3, 0.4) is 0 Å². The van der Waals surface area contributed by atoms with Gasteiger partial charge in [-0.15, -0.1) is 0 Å². The zero-order valence-electron chi connectivity index (χ0n) is 32.0. The van der Waals surface area contributed by atoms with E-state index in [2.05, 4.69) is 71.0 Å². The van der Waals surface area contributed by atoms with Gasteiger partial charge >= 0.3 is 0 Å². The Bertz CT molecular complexity index is 2160. The van der Waals surface area contributed by atoms with Crippen LogP contribution in [0, 0.1) is 35.0 Å². The fourth-order valence-corrected chi connectivity index (χ4v) is 9.18. The van der Waals surface area contributed by atoms with Gasteiger partial charge in [0.05, 0.1) is 34.9 Å². The summed E-state index contributed by atoms with van der Waals surface area (Å²) >= 11 is 6.94. The van der Waals surface area contributed by atoms with Crippen LogP contribution in [0.2, 0.25) is 5.02 Å². The Kier molecular flexibility index (Phi) is 11.2. The van der Waals surface area contributed by atoms with E-state index in [1.807, 2.05) is 12.1 Å². The van der Waals surface area contributed by atoms with Crippen molar-refractivity contribution in [3.63, 3.8) is 0 Å². The molecule has 8 rings (SSSR count). The molecule has 4 aromatic carbocycles. The number of fused-ring (bicyclic) bond motifs is 1. The van der Waals surface area contributed by atoms with Gasteiger partial charge in [-0.3, -0.25) is 4.79 Å². The van der Waals surface area contributed by atoms with E-state index < -0.39 is 0 Å². The molecule has 288 valence electrons. The first-order chi connectivity index (χ1) is 27.3. The molecule has 10 heteroatoms. The summed E-state index contributed by atoms with van der Waals surface area (Å²) in [5.41, 5.74) is 8.95. The molecule has 4 aromatic rings. The third kappa shape index (κ3) is 8.22. The molecule has 1 amide bonds. The Labute approximate surface area is 334 Å².